The number of hydrogen-bond donors (Lipinski definition) is 1. The second-order valence-electron chi connectivity index (χ2n) is 6.05. The molecule has 0 aliphatic heterocycles. The molecule has 0 N–H and O–H groups in total. The molecule has 1 heterocycles. The lowest BCUT2D eigenvalue weighted by Gasteiger charge is -2.25. The van der Waals surface area contributed by atoms with E-state index in [1.165, 1.54) is 0 Å². The second kappa shape index (κ2) is 7.67. The summed E-state index contributed by atoms with van der Waals surface area (Å²) < 4.78 is 18.9. The summed E-state index contributed by atoms with van der Waals surface area (Å²) in [6.45, 7) is -0.758. The van der Waals surface area contributed by atoms with Crippen molar-refractivity contribution in [2.24, 2.45) is 0 Å². The highest BCUT2D eigenvalue weighted by molar-refractivity contribution is 8.02. The maximum atomic E-state index is 13.3. The van der Waals surface area contributed by atoms with E-state index in [1.54, 1.807) is 0 Å². The quantitative estimate of drug-likeness (QED) is 0.408. The summed E-state index contributed by atoms with van der Waals surface area (Å²) in [5.41, 5.74) is 0.696. The number of oxazole rings is 1. The van der Waals surface area contributed by atoms with Crippen LogP contribution in [0, 0.1) is 0 Å². The fourth-order valence-electron chi connectivity index (χ4n) is 3.39. The summed E-state index contributed by atoms with van der Waals surface area (Å²) in [5, 5.41) is 3.73. The molecule has 3 aromatic carbocycles. The molecule has 0 bridgehead atoms. The summed E-state index contributed by atoms with van der Waals surface area (Å²) in [5.74, 6) is 0.0576. The van der Waals surface area contributed by atoms with Crippen molar-refractivity contribution in [2.75, 3.05) is 0 Å². The van der Waals surface area contributed by atoms with Crippen LogP contribution in [0.2, 0.25) is 0 Å². The molecule has 5 heteroatoms. The molecule has 27 heavy (non-hydrogen) atoms. The first-order valence-corrected chi connectivity index (χ1v) is 10.8. The van der Waals surface area contributed by atoms with Gasteiger partial charge >= 0.3 is 0 Å². The lowest BCUT2D eigenvalue weighted by Crippen LogP contribution is -2.39. The van der Waals surface area contributed by atoms with E-state index < -0.39 is 13.9 Å². The third kappa shape index (κ3) is 3.09. The number of benzene rings is 3. The molecule has 4 aromatic rings. The summed E-state index contributed by atoms with van der Waals surface area (Å²) in [4.78, 5) is 4.56. The molecule has 0 amide bonds. The molecule has 0 fully saturated rings. The minimum atomic E-state index is -2.38. The zero-order valence-electron chi connectivity index (χ0n) is 14.5. The van der Waals surface area contributed by atoms with E-state index >= 15 is 0 Å². The molecule has 134 valence electrons. The molecule has 0 saturated heterocycles. The minimum Gasteiger partial charge on any atom is -0.427 e. The van der Waals surface area contributed by atoms with Crippen molar-refractivity contribution in [3.05, 3.63) is 96.9 Å². The number of nitrogens with zero attached hydrogens (tertiary/aromatic N) is 1. The average molecular weight is 394 g/mol. The van der Waals surface area contributed by atoms with Gasteiger partial charge < -0.3 is 4.42 Å². The van der Waals surface area contributed by atoms with Crippen molar-refractivity contribution in [3.8, 4) is 0 Å². The van der Waals surface area contributed by atoms with Crippen LogP contribution in [-0.2, 0) is 6.67 Å². The van der Waals surface area contributed by atoms with Crippen LogP contribution in [0.5, 0.6) is 0 Å². The molecule has 2 nitrogen and oxygen atoms in total. The van der Waals surface area contributed by atoms with E-state index in [9.17, 15) is 4.39 Å². The average Bonchev–Trinajstić information content (AvgIpc) is 3.12. The van der Waals surface area contributed by atoms with Gasteiger partial charge in [0.1, 0.15) is 15.9 Å². The SMILES string of the molecule is FCc1nc([P+](c2ccccc2)(c2ccccc2)c2ccccc2)c(S)o1. The molecule has 0 radical (unpaired) electrons. The van der Waals surface area contributed by atoms with Gasteiger partial charge in [-0.1, -0.05) is 67.2 Å². The van der Waals surface area contributed by atoms with E-state index in [4.69, 9.17) is 4.42 Å². The number of rotatable bonds is 5. The Morgan fingerprint density at radius 2 is 1.15 bits per heavy atom. The highest BCUT2D eigenvalue weighted by atomic mass is 32.1. The van der Waals surface area contributed by atoms with Crippen molar-refractivity contribution in [3.63, 3.8) is 0 Å². The highest BCUT2D eigenvalue weighted by Crippen LogP contribution is 2.55. The standard InChI is InChI=1S/C22H17FNOPS/c23-16-20-24-21(22(27)25-20)26(17-10-4-1-5-11-17,18-12-6-2-7-13-18)19-14-8-3-9-15-19/h1-15H,16H2/p+1. The van der Waals surface area contributed by atoms with Gasteiger partial charge in [0.05, 0.1) is 0 Å². The Balaban J connectivity index is 2.14. The van der Waals surface area contributed by atoms with E-state index in [2.05, 4.69) is 54.0 Å². The first-order chi connectivity index (χ1) is 13.3. The van der Waals surface area contributed by atoms with Crippen LogP contribution >= 0.6 is 19.9 Å². The third-order valence-corrected chi connectivity index (χ3v) is 9.14. The summed E-state index contributed by atoms with van der Waals surface area (Å²) in [6.07, 6.45) is 0. The predicted octanol–water partition coefficient (Wildman–Crippen LogP) is 4.05. The van der Waals surface area contributed by atoms with Gasteiger partial charge in [-0.15, -0.1) is 0 Å². The number of thiol groups is 1. The van der Waals surface area contributed by atoms with E-state index in [-0.39, 0.29) is 5.89 Å². The first-order valence-electron chi connectivity index (χ1n) is 8.58. The highest BCUT2D eigenvalue weighted by Gasteiger charge is 2.52. The second-order valence-corrected chi connectivity index (χ2v) is 9.77. The Kier molecular flexibility index (Phi) is 5.11. The van der Waals surface area contributed by atoms with Gasteiger partial charge in [0.15, 0.2) is 13.9 Å². The Morgan fingerprint density at radius 1 is 0.741 bits per heavy atom. The third-order valence-electron chi connectivity index (χ3n) is 4.50. The fourth-order valence-corrected chi connectivity index (χ4v) is 8.08. The maximum absolute atomic E-state index is 13.3. The van der Waals surface area contributed by atoms with Gasteiger partial charge in [0, 0.05) is 0 Å². The lowest BCUT2D eigenvalue weighted by atomic mass is 10.4. The Labute approximate surface area is 163 Å². The van der Waals surface area contributed by atoms with Crippen LogP contribution in [0.4, 0.5) is 4.39 Å². The van der Waals surface area contributed by atoms with Gasteiger partial charge in [0.25, 0.3) is 5.44 Å². The first kappa shape index (κ1) is 18.0. The van der Waals surface area contributed by atoms with Crippen molar-refractivity contribution in [2.45, 2.75) is 11.8 Å². The number of alkyl halides is 1. The summed E-state index contributed by atoms with van der Waals surface area (Å²) >= 11 is 4.55. The zero-order chi connectivity index (χ0) is 18.7. The molecule has 0 spiro atoms. The Hall–Kier alpha value is -2.42. The molecule has 0 atom stereocenters. The number of hydrogen-bond acceptors (Lipinski definition) is 3. The van der Waals surface area contributed by atoms with Gasteiger partial charge in [-0.25, -0.2) is 4.39 Å². The van der Waals surface area contributed by atoms with E-state index in [1.807, 2.05) is 54.6 Å². The number of aromatic nitrogens is 1. The summed E-state index contributed by atoms with van der Waals surface area (Å²) in [6, 6.07) is 30.7. The van der Waals surface area contributed by atoms with Crippen LogP contribution in [-0.4, -0.2) is 4.98 Å². The smallest absolute Gasteiger partial charge is 0.250 e. The van der Waals surface area contributed by atoms with Crippen LogP contribution in [0.15, 0.2) is 101 Å². The maximum Gasteiger partial charge on any atom is 0.250 e. The van der Waals surface area contributed by atoms with Gasteiger partial charge in [-0.2, -0.15) is 4.98 Å². The molecule has 0 aliphatic carbocycles. The van der Waals surface area contributed by atoms with Gasteiger partial charge in [-0.05, 0) is 36.4 Å². The van der Waals surface area contributed by atoms with Gasteiger partial charge in [-0.3, -0.25) is 0 Å². The van der Waals surface area contributed by atoms with Crippen molar-refractivity contribution in [1.29, 1.82) is 0 Å². The molecule has 1 aromatic heterocycles. The monoisotopic (exact) mass is 394 g/mol. The fraction of sp³-hybridized carbons (Fsp3) is 0.0455. The van der Waals surface area contributed by atoms with Crippen LogP contribution in [0.1, 0.15) is 5.89 Å². The van der Waals surface area contributed by atoms with Crippen molar-refractivity contribution in [1.82, 2.24) is 4.98 Å². The number of halogens is 1. The Morgan fingerprint density at radius 3 is 1.48 bits per heavy atom. The summed E-state index contributed by atoms with van der Waals surface area (Å²) in [7, 11) is -2.38. The molecule has 4 rings (SSSR count). The normalized spacial score (nSPS) is 11.5. The van der Waals surface area contributed by atoms with E-state index in [0.29, 0.717) is 10.5 Å². The molecular formula is C22H18FNOPS+. The van der Waals surface area contributed by atoms with E-state index in [0.717, 1.165) is 15.9 Å². The van der Waals surface area contributed by atoms with Crippen LogP contribution < -0.4 is 21.3 Å². The molecule has 0 unspecified atom stereocenters. The minimum absolute atomic E-state index is 0.0576. The topological polar surface area (TPSA) is 26.0 Å². The van der Waals surface area contributed by atoms with Crippen molar-refractivity contribution < 1.29 is 8.81 Å². The molecule has 0 aliphatic rings. The predicted molar refractivity (Wildman–Crippen MR) is 113 cm³/mol. The molecule has 0 saturated carbocycles. The van der Waals surface area contributed by atoms with Crippen LogP contribution in [0.25, 0.3) is 0 Å². The van der Waals surface area contributed by atoms with Gasteiger partial charge in [0.2, 0.25) is 11.0 Å². The largest absolute Gasteiger partial charge is 0.427 e. The Bertz CT molecular complexity index is 925. The zero-order valence-corrected chi connectivity index (χ0v) is 16.3. The van der Waals surface area contributed by atoms with Crippen molar-refractivity contribution >= 4 is 41.2 Å². The van der Waals surface area contributed by atoms with Crippen LogP contribution in [0.3, 0.4) is 0 Å². The lowest BCUT2D eigenvalue weighted by molar-refractivity contribution is 0.349. The molecular weight excluding hydrogens is 376 g/mol.